The summed E-state index contributed by atoms with van der Waals surface area (Å²) in [4.78, 5) is 11.3. The van der Waals surface area contributed by atoms with Crippen LogP contribution in [0.25, 0.3) is 12.2 Å². The van der Waals surface area contributed by atoms with E-state index in [4.69, 9.17) is 0 Å². The Morgan fingerprint density at radius 2 is 1.42 bits per heavy atom. The fourth-order valence-corrected chi connectivity index (χ4v) is 1.61. The number of ether oxygens (including phenoxy) is 1. The SMILES string of the molecule is COC(=O)c1ccc(/C=C\c2ccc(F)cc2)cc1. The number of methoxy groups -OCH3 is 1. The van der Waals surface area contributed by atoms with Crippen LogP contribution in [0.15, 0.2) is 48.5 Å². The summed E-state index contributed by atoms with van der Waals surface area (Å²) >= 11 is 0. The molecule has 0 aliphatic rings. The van der Waals surface area contributed by atoms with E-state index >= 15 is 0 Å². The number of esters is 1. The summed E-state index contributed by atoms with van der Waals surface area (Å²) in [5.74, 6) is -0.603. The van der Waals surface area contributed by atoms with Gasteiger partial charge in [0.25, 0.3) is 0 Å². The molecular formula is C16H13FO2. The first-order valence-corrected chi connectivity index (χ1v) is 5.81. The van der Waals surface area contributed by atoms with Crippen molar-refractivity contribution in [1.29, 1.82) is 0 Å². The van der Waals surface area contributed by atoms with Crippen LogP contribution in [-0.4, -0.2) is 13.1 Å². The van der Waals surface area contributed by atoms with Gasteiger partial charge in [-0.2, -0.15) is 0 Å². The molecule has 0 saturated heterocycles. The fraction of sp³-hybridized carbons (Fsp3) is 0.0625. The second kappa shape index (κ2) is 5.96. The van der Waals surface area contributed by atoms with Crippen molar-refractivity contribution in [3.8, 4) is 0 Å². The smallest absolute Gasteiger partial charge is 0.337 e. The van der Waals surface area contributed by atoms with E-state index in [9.17, 15) is 9.18 Å². The highest BCUT2D eigenvalue weighted by atomic mass is 19.1. The van der Waals surface area contributed by atoms with E-state index in [0.29, 0.717) is 5.56 Å². The summed E-state index contributed by atoms with van der Waals surface area (Å²) in [5, 5.41) is 0. The molecule has 0 heterocycles. The lowest BCUT2D eigenvalue weighted by Crippen LogP contribution is -2.00. The maximum absolute atomic E-state index is 12.7. The van der Waals surface area contributed by atoms with Crippen LogP contribution in [0.5, 0.6) is 0 Å². The van der Waals surface area contributed by atoms with E-state index < -0.39 is 0 Å². The Kier molecular flexibility index (Phi) is 4.08. The van der Waals surface area contributed by atoms with Gasteiger partial charge in [-0.25, -0.2) is 9.18 Å². The zero-order valence-electron chi connectivity index (χ0n) is 10.5. The van der Waals surface area contributed by atoms with Crippen molar-refractivity contribution in [2.24, 2.45) is 0 Å². The molecule has 0 amide bonds. The maximum Gasteiger partial charge on any atom is 0.337 e. The van der Waals surface area contributed by atoms with E-state index in [2.05, 4.69) is 4.74 Å². The molecular weight excluding hydrogens is 243 g/mol. The lowest BCUT2D eigenvalue weighted by atomic mass is 10.1. The van der Waals surface area contributed by atoms with Crippen LogP contribution in [0.3, 0.4) is 0 Å². The van der Waals surface area contributed by atoms with Crippen molar-refractivity contribution in [2.45, 2.75) is 0 Å². The van der Waals surface area contributed by atoms with Gasteiger partial charge >= 0.3 is 5.97 Å². The van der Waals surface area contributed by atoms with Gasteiger partial charge in [0.15, 0.2) is 0 Å². The van der Waals surface area contributed by atoms with E-state index in [-0.39, 0.29) is 11.8 Å². The van der Waals surface area contributed by atoms with Gasteiger partial charge in [0.2, 0.25) is 0 Å². The lowest BCUT2D eigenvalue weighted by Gasteiger charge is -1.99. The van der Waals surface area contributed by atoms with Gasteiger partial charge in [0.05, 0.1) is 12.7 Å². The van der Waals surface area contributed by atoms with E-state index in [1.165, 1.54) is 19.2 Å². The first kappa shape index (κ1) is 13.0. The highest BCUT2D eigenvalue weighted by molar-refractivity contribution is 5.89. The molecule has 19 heavy (non-hydrogen) atoms. The average Bonchev–Trinajstić information content (AvgIpc) is 2.46. The standard InChI is InChI=1S/C16H13FO2/c1-19-16(18)14-8-4-12(5-9-14)2-3-13-6-10-15(17)11-7-13/h2-11H,1H3/b3-2-. The third-order valence-electron chi connectivity index (χ3n) is 2.67. The highest BCUT2D eigenvalue weighted by Crippen LogP contribution is 2.11. The van der Waals surface area contributed by atoms with Crippen molar-refractivity contribution in [3.05, 3.63) is 71.0 Å². The molecule has 2 rings (SSSR count). The molecule has 0 fully saturated rings. The summed E-state index contributed by atoms with van der Waals surface area (Å²) in [6, 6.07) is 13.3. The molecule has 0 aliphatic heterocycles. The van der Waals surface area contributed by atoms with Crippen LogP contribution < -0.4 is 0 Å². The predicted octanol–water partition coefficient (Wildman–Crippen LogP) is 3.78. The van der Waals surface area contributed by atoms with Crippen molar-refractivity contribution in [2.75, 3.05) is 7.11 Å². The Labute approximate surface area is 111 Å². The second-order valence-electron chi connectivity index (χ2n) is 4.00. The van der Waals surface area contributed by atoms with Crippen LogP contribution in [-0.2, 0) is 4.74 Å². The highest BCUT2D eigenvalue weighted by Gasteiger charge is 2.02. The monoisotopic (exact) mass is 256 g/mol. The van der Waals surface area contributed by atoms with Crippen molar-refractivity contribution in [3.63, 3.8) is 0 Å². The van der Waals surface area contributed by atoms with Gasteiger partial charge in [-0.05, 0) is 35.4 Å². The van der Waals surface area contributed by atoms with E-state index in [0.717, 1.165) is 11.1 Å². The van der Waals surface area contributed by atoms with E-state index in [1.54, 1.807) is 24.3 Å². The Bertz CT molecular complexity index is 583. The minimum atomic E-state index is -0.353. The molecule has 0 spiro atoms. The second-order valence-corrected chi connectivity index (χ2v) is 4.00. The minimum Gasteiger partial charge on any atom is -0.465 e. The molecule has 2 aromatic rings. The lowest BCUT2D eigenvalue weighted by molar-refractivity contribution is 0.0601. The van der Waals surface area contributed by atoms with Gasteiger partial charge in [0, 0.05) is 0 Å². The Hall–Kier alpha value is -2.42. The van der Waals surface area contributed by atoms with Crippen LogP contribution in [0, 0.1) is 5.82 Å². The summed E-state index contributed by atoms with van der Waals surface area (Å²) < 4.78 is 17.4. The molecule has 0 unspecified atom stereocenters. The summed E-state index contributed by atoms with van der Waals surface area (Å²) in [7, 11) is 1.35. The number of carbonyl (C=O) groups is 1. The molecule has 0 radical (unpaired) electrons. The van der Waals surface area contributed by atoms with Crippen molar-refractivity contribution >= 4 is 18.1 Å². The van der Waals surface area contributed by atoms with Crippen molar-refractivity contribution < 1.29 is 13.9 Å². The molecule has 0 aliphatic carbocycles. The molecule has 0 bridgehead atoms. The largest absolute Gasteiger partial charge is 0.465 e. The molecule has 0 N–H and O–H groups in total. The van der Waals surface area contributed by atoms with Gasteiger partial charge in [-0.1, -0.05) is 36.4 Å². The quantitative estimate of drug-likeness (QED) is 0.617. The number of carbonyl (C=O) groups excluding carboxylic acids is 1. The number of halogens is 1. The first-order chi connectivity index (χ1) is 9.19. The Balaban J connectivity index is 2.11. The molecule has 2 aromatic carbocycles. The normalized spacial score (nSPS) is 10.6. The van der Waals surface area contributed by atoms with Gasteiger partial charge in [-0.15, -0.1) is 0 Å². The zero-order valence-corrected chi connectivity index (χ0v) is 10.5. The summed E-state index contributed by atoms with van der Waals surface area (Å²) in [6.07, 6.45) is 3.78. The third-order valence-corrected chi connectivity index (χ3v) is 2.67. The Morgan fingerprint density at radius 3 is 1.89 bits per heavy atom. The molecule has 0 atom stereocenters. The minimum absolute atomic E-state index is 0.250. The van der Waals surface area contributed by atoms with Gasteiger partial charge in [0.1, 0.15) is 5.82 Å². The van der Waals surface area contributed by atoms with E-state index in [1.807, 2.05) is 24.3 Å². The van der Waals surface area contributed by atoms with Crippen LogP contribution in [0.1, 0.15) is 21.5 Å². The number of hydrogen-bond donors (Lipinski definition) is 0. The molecule has 2 nitrogen and oxygen atoms in total. The van der Waals surface area contributed by atoms with Crippen molar-refractivity contribution in [1.82, 2.24) is 0 Å². The topological polar surface area (TPSA) is 26.3 Å². The third kappa shape index (κ3) is 3.52. The zero-order chi connectivity index (χ0) is 13.7. The molecule has 0 aromatic heterocycles. The number of benzene rings is 2. The number of rotatable bonds is 3. The molecule has 3 heteroatoms. The van der Waals surface area contributed by atoms with Gasteiger partial charge in [-0.3, -0.25) is 0 Å². The van der Waals surface area contributed by atoms with Gasteiger partial charge < -0.3 is 4.74 Å². The summed E-state index contributed by atoms with van der Waals surface area (Å²) in [5.41, 5.74) is 2.39. The Morgan fingerprint density at radius 1 is 0.947 bits per heavy atom. The van der Waals surface area contributed by atoms with Crippen LogP contribution >= 0.6 is 0 Å². The van der Waals surface area contributed by atoms with Crippen LogP contribution in [0.2, 0.25) is 0 Å². The van der Waals surface area contributed by atoms with Crippen LogP contribution in [0.4, 0.5) is 4.39 Å². The summed E-state index contributed by atoms with van der Waals surface area (Å²) in [6.45, 7) is 0. The predicted molar refractivity (Wildman–Crippen MR) is 73.1 cm³/mol. The average molecular weight is 256 g/mol. The molecule has 96 valence electrons. The fourth-order valence-electron chi connectivity index (χ4n) is 1.61. The molecule has 0 saturated carbocycles. The number of hydrogen-bond acceptors (Lipinski definition) is 2. The maximum atomic E-state index is 12.7. The first-order valence-electron chi connectivity index (χ1n) is 5.81.